The Balaban J connectivity index is 1.91. The number of thiazole rings is 1. The maximum absolute atomic E-state index is 13.9. The number of benzene rings is 2. The lowest BCUT2D eigenvalue weighted by Crippen LogP contribution is -2.40. The first kappa shape index (κ1) is 28.9. The Hall–Kier alpha value is -4.05. The van der Waals surface area contributed by atoms with Crippen molar-refractivity contribution in [2.75, 3.05) is 38.3 Å². The summed E-state index contributed by atoms with van der Waals surface area (Å²) in [4.78, 5) is 34.3. The molecule has 0 fully saturated rings. The molecule has 1 N–H and O–H groups in total. The molecule has 0 spiro atoms. The first-order chi connectivity index (χ1) is 19.3. The minimum atomic E-state index is -0.791. The molecule has 0 amide bonds. The van der Waals surface area contributed by atoms with Gasteiger partial charge in [0.25, 0.3) is 5.56 Å². The van der Waals surface area contributed by atoms with E-state index in [1.165, 1.54) is 15.9 Å². The highest BCUT2D eigenvalue weighted by molar-refractivity contribution is 7.07. The molecule has 0 saturated carbocycles. The Morgan fingerprint density at radius 3 is 2.48 bits per heavy atom. The molecule has 40 heavy (non-hydrogen) atoms. The fraction of sp³-hybridized carbons (Fsp3) is 0.367. The molecule has 0 radical (unpaired) electrons. The SMILES string of the molecule is CCOC(=O)C1=C(C)N=c2s/c(=C/c3ccc(N(CC)CC)cc3O)c(=O)n2[C@H]1c1ccc(OC)c(OCC)c1. The van der Waals surface area contributed by atoms with E-state index in [1.807, 2.05) is 13.0 Å². The van der Waals surface area contributed by atoms with Gasteiger partial charge in [0.1, 0.15) is 5.75 Å². The predicted octanol–water partition coefficient (Wildman–Crippen LogP) is 3.76. The number of fused-ring (bicyclic) bond motifs is 1. The number of aromatic hydroxyl groups is 1. The second-order valence-corrected chi connectivity index (χ2v) is 10.1. The monoisotopic (exact) mass is 565 g/mol. The lowest BCUT2D eigenvalue weighted by atomic mass is 9.95. The smallest absolute Gasteiger partial charge is 0.338 e. The van der Waals surface area contributed by atoms with E-state index in [0.717, 1.165) is 18.8 Å². The molecule has 1 aromatic heterocycles. The maximum atomic E-state index is 13.9. The fourth-order valence-electron chi connectivity index (χ4n) is 4.82. The van der Waals surface area contributed by atoms with Gasteiger partial charge >= 0.3 is 5.97 Å². The summed E-state index contributed by atoms with van der Waals surface area (Å²) in [5.74, 6) is 0.578. The highest BCUT2D eigenvalue weighted by Gasteiger charge is 2.34. The van der Waals surface area contributed by atoms with Crippen LogP contribution in [0.25, 0.3) is 6.08 Å². The van der Waals surface area contributed by atoms with Gasteiger partial charge in [-0.3, -0.25) is 9.36 Å². The van der Waals surface area contributed by atoms with Crippen molar-refractivity contribution >= 4 is 29.1 Å². The number of hydrogen-bond donors (Lipinski definition) is 1. The van der Waals surface area contributed by atoms with Crippen LogP contribution in [0.2, 0.25) is 0 Å². The van der Waals surface area contributed by atoms with E-state index in [0.29, 0.717) is 44.3 Å². The molecule has 0 aliphatic carbocycles. The molecule has 0 unspecified atom stereocenters. The van der Waals surface area contributed by atoms with Crippen LogP contribution in [0.1, 0.15) is 51.8 Å². The molecule has 0 saturated heterocycles. The zero-order valence-corrected chi connectivity index (χ0v) is 24.5. The van der Waals surface area contributed by atoms with Crippen LogP contribution in [-0.4, -0.2) is 49.1 Å². The molecule has 10 heteroatoms. The average Bonchev–Trinajstić information content (AvgIpc) is 3.24. The highest BCUT2D eigenvalue weighted by atomic mass is 32.1. The third-order valence-corrected chi connectivity index (χ3v) is 7.73. The number of hydrogen-bond acceptors (Lipinski definition) is 9. The number of methoxy groups -OCH3 is 1. The van der Waals surface area contributed by atoms with Gasteiger partial charge in [0.2, 0.25) is 0 Å². The van der Waals surface area contributed by atoms with Gasteiger partial charge < -0.3 is 24.2 Å². The first-order valence-electron chi connectivity index (χ1n) is 13.4. The van der Waals surface area contributed by atoms with Crippen molar-refractivity contribution in [2.45, 2.75) is 40.7 Å². The third kappa shape index (κ3) is 5.49. The zero-order valence-electron chi connectivity index (χ0n) is 23.7. The molecule has 1 aliphatic rings. The lowest BCUT2D eigenvalue weighted by molar-refractivity contribution is -0.139. The van der Waals surface area contributed by atoms with Crippen LogP contribution < -0.4 is 29.3 Å². The number of carbonyl (C=O) groups excluding carboxylic acids is 1. The van der Waals surface area contributed by atoms with Crippen LogP contribution >= 0.6 is 11.3 Å². The van der Waals surface area contributed by atoms with Crippen molar-refractivity contribution in [3.05, 3.63) is 78.5 Å². The minimum Gasteiger partial charge on any atom is -0.507 e. The molecule has 9 nitrogen and oxygen atoms in total. The Morgan fingerprint density at radius 1 is 1.10 bits per heavy atom. The van der Waals surface area contributed by atoms with Gasteiger partial charge in [-0.15, -0.1) is 0 Å². The molecule has 3 aromatic rings. The normalized spacial score (nSPS) is 14.9. The third-order valence-electron chi connectivity index (χ3n) is 6.75. The van der Waals surface area contributed by atoms with Crippen molar-refractivity contribution in [1.82, 2.24) is 4.57 Å². The van der Waals surface area contributed by atoms with Gasteiger partial charge in [-0.2, -0.15) is 0 Å². The van der Waals surface area contributed by atoms with Gasteiger partial charge in [-0.05, 0) is 70.5 Å². The zero-order chi connectivity index (χ0) is 29.0. The topological polar surface area (TPSA) is 103 Å². The van der Waals surface area contributed by atoms with Crippen molar-refractivity contribution in [3.63, 3.8) is 0 Å². The average molecular weight is 566 g/mol. The number of allylic oxidation sites excluding steroid dienone is 1. The van der Waals surface area contributed by atoms with E-state index in [9.17, 15) is 14.7 Å². The number of nitrogens with zero attached hydrogens (tertiary/aromatic N) is 3. The predicted molar refractivity (Wildman–Crippen MR) is 156 cm³/mol. The Labute approximate surface area is 237 Å². The van der Waals surface area contributed by atoms with Gasteiger partial charge in [0.05, 0.1) is 42.2 Å². The fourth-order valence-corrected chi connectivity index (χ4v) is 5.86. The Bertz CT molecular complexity index is 1620. The summed E-state index contributed by atoms with van der Waals surface area (Å²) < 4.78 is 18.5. The number of phenolic OH excluding ortho intramolecular Hbond substituents is 1. The standard InChI is InChI=1S/C30H35N3O6S/c1-7-32(8-2)21-13-11-19(22(34)17-21)16-25-28(35)33-27(20-12-14-23(37-6)24(15-20)38-9-3)26(29(36)39-10-4)18(5)31-30(33)40-25/h11-17,27,34H,7-10H2,1-6H3/b25-16+/t27-/m0/s1. The number of anilines is 1. The summed E-state index contributed by atoms with van der Waals surface area (Å²) in [6.45, 7) is 11.7. The lowest BCUT2D eigenvalue weighted by Gasteiger charge is -2.25. The largest absolute Gasteiger partial charge is 0.507 e. The molecule has 2 aromatic carbocycles. The van der Waals surface area contributed by atoms with Crippen LogP contribution in [0.3, 0.4) is 0 Å². The number of carbonyl (C=O) groups is 1. The quantitative estimate of drug-likeness (QED) is 0.374. The van der Waals surface area contributed by atoms with E-state index in [-0.39, 0.29) is 23.5 Å². The van der Waals surface area contributed by atoms with Gasteiger partial charge in [-0.25, -0.2) is 9.79 Å². The van der Waals surface area contributed by atoms with Gasteiger partial charge in [0, 0.05) is 30.4 Å². The summed E-state index contributed by atoms with van der Waals surface area (Å²) in [7, 11) is 1.55. The van der Waals surface area contributed by atoms with Crippen molar-refractivity contribution in [3.8, 4) is 17.2 Å². The van der Waals surface area contributed by atoms with Gasteiger partial charge in [0.15, 0.2) is 16.3 Å². The number of esters is 1. The van der Waals surface area contributed by atoms with Crippen molar-refractivity contribution in [1.29, 1.82) is 0 Å². The molecule has 1 atom stereocenters. The Kier molecular flexibility index (Phi) is 8.99. The molecule has 0 bridgehead atoms. The van der Waals surface area contributed by atoms with Crippen LogP contribution in [0.15, 0.2) is 57.5 Å². The van der Waals surface area contributed by atoms with E-state index >= 15 is 0 Å². The van der Waals surface area contributed by atoms with Crippen molar-refractivity contribution < 1.29 is 24.1 Å². The summed E-state index contributed by atoms with van der Waals surface area (Å²) in [6.07, 6.45) is 1.66. The summed E-state index contributed by atoms with van der Waals surface area (Å²) in [6, 6.07) is 9.97. The highest BCUT2D eigenvalue weighted by Crippen LogP contribution is 2.36. The van der Waals surface area contributed by atoms with Crippen LogP contribution in [0.4, 0.5) is 5.69 Å². The molecule has 212 valence electrons. The first-order valence-corrected chi connectivity index (χ1v) is 14.2. The van der Waals surface area contributed by atoms with E-state index < -0.39 is 12.0 Å². The molecule has 2 heterocycles. The summed E-state index contributed by atoms with van der Waals surface area (Å²) in [5.41, 5.74) is 2.49. The van der Waals surface area contributed by atoms with Crippen LogP contribution in [-0.2, 0) is 9.53 Å². The number of aromatic nitrogens is 1. The van der Waals surface area contributed by atoms with E-state index in [2.05, 4.69) is 23.7 Å². The van der Waals surface area contributed by atoms with Gasteiger partial charge in [-0.1, -0.05) is 17.4 Å². The number of rotatable bonds is 10. The van der Waals surface area contributed by atoms with E-state index in [4.69, 9.17) is 14.2 Å². The molecule has 1 aliphatic heterocycles. The van der Waals surface area contributed by atoms with Crippen LogP contribution in [0.5, 0.6) is 17.2 Å². The summed E-state index contributed by atoms with van der Waals surface area (Å²) in [5, 5.41) is 10.8. The summed E-state index contributed by atoms with van der Waals surface area (Å²) >= 11 is 1.20. The molecular weight excluding hydrogens is 530 g/mol. The Morgan fingerprint density at radius 2 is 1.85 bits per heavy atom. The molecule has 4 rings (SSSR count). The molecular formula is C30H35N3O6S. The number of ether oxygens (including phenoxy) is 3. The second kappa shape index (κ2) is 12.4. The number of phenols is 1. The maximum Gasteiger partial charge on any atom is 0.338 e. The van der Waals surface area contributed by atoms with E-state index in [1.54, 1.807) is 57.4 Å². The van der Waals surface area contributed by atoms with Crippen LogP contribution in [0, 0.1) is 0 Å². The second-order valence-electron chi connectivity index (χ2n) is 9.06. The minimum absolute atomic E-state index is 0.0756. The van der Waals surface area contributed by atoms with Crippen molar-refractivity contribution in [2.24, 2.45) is 4.99 Å².